The Morgan fingerprint density at radius 2 is 1.50 bits per heavy atom. The second kappa shape index (κ2) is 7.26. The predicted octanol–water partition coefficient (Wildman–Crippen LogP) is 4.75. The summed E-state index contributed by atoms with van der Waals surface area (Å²) in [6.07, 6.45) is 0. The molecule has 3 aromatic rings. The predicted molar refractivity (Wildman–Crippen MR) is 96.1 cm³/mol. The van der Waals surface area contributed by atoms with Crippen molar-refractivity contribution in [3.05, 3.63) is 71.6 Å². The lowest BCUT2D eigenvalue weighted by Gasteiger charge is -2.11. The summed E-state index contributed by atoms with van der Waals surface area (Å²) < 4.78 is 27.6. The van der Waals surface area contributed by atoms with E-state index in [0.717, 1.165) is 17.8 Å². The van der Waals surface area contributed by atoms with Gasteiger partial charge in [0, 0.05) is 17.3 Å². The average Bonchev–Trinajstić information content (AvgIpc) is 2.58. The smallest absolute Gasteiger partial charge is 0.159 e. The molecular weight excluding hydrogens is 338 g/mol. The molecule has 2 N–H and O–H groups in total. The molecule has 5 nitrogen and oxygen atoms in total. The third kappa shape index (κ3) is 4.00. The number of carbonyl (C=O) groups excluding carboxylic acids is 1. The minimum Gasteiger partial charge on any atom is -0.340 e. The van der Waals surface area contributed by atoms with Crippen LogP contribution >= 0.6 is 0 Å². The first-order valence-electron chi connectivity index (χ1n) is 7.87. The number of nitrogens with one attached hydrogen (secondary N) is 2. The van der Waals surface area contributed by atoms with Gasteiger partial charge in [0.25, 0.3) is 0 Å². The molecule has 0 aliphatic carbocycles. The second-order valence-corrected chi connectivity index (χ2v) is 5.67. The second-order valence-electron chi connectivity index (χ2n) is 5.67. The zero-order valence-corrected chi connectivity index (χ0v) is 14.2. The Morgan fingerprint density at radius 1 is 0.923 bits per heavy atom. The van der Waals surface area contributed by atoms with Crippen LogP contribution in [0, 0.1) is 18.6 Å². The normalized spacial score (nSPS) is 10.5. The summed E-state index contributed by atoms with van der Waals surface area (Å²) >= 11 is 0. The molecule has 0 fully saturated rings. The molecule has 0 saturated carbocycles. The molecule has 0 bridgehead atoms. The van der Waals surface area contributed by atoms with Gasteiger partial charge in [0.1, 0.15) is 34.8 Å². The van der Waals surface area contributed by atoms with Crippen molar-refractivity contribution in [1.82, 2.24) is 9.97 Å². The zero-order valence-electron chi connectivity index (χ0n) is 14.2. The fourth-order valence-corrected chi connectivity index (χ4v) is 2.38. The lowest BCUT2D eigenvalue weighted by Crippen LogP contribution is -2.04. The minimum atomic E-state index is -0.712. The van der Waals surface area contributed by atoms with E-state index in [4.69, 9.17) is 0 Å². The number of rotatable bonds is 5. The average molecular weight is 354 g/mol. The Morgan fingerprint density at radius 3 is 2.08 bits per heavy atom. The highest BCUT2D eigenvalue weighted by Crippen LogP contribution is 2.24. The molecule has 0 saturated heterocycles. The van der Waals surface area contributed by atoms with E-state index < -0.39 is 11.6 Å². The standard InChI is InChI=1S/C19H16F2N4O/c1-11(26)13-6-8-14(9-7-13)24-17-10-18(23-12(2)22-17)25-19-15(20)4-3-5-16(19)21/h3-10H,1-2H3,(H2,22,23,24,25). The number of aryl methyl sites for hydroxylation is 1. The van der Waals surface area contributed by atoms with E-state index in [0.29, 0.717) is 17.2 Å². The first-order valence-corrected chi connectivity index (χ1v) is 7.87. The van der Waals surface area contributed by atoms with Crippen LogP contribution in [0.1, 0.15) is 23.1 Å². The van der Waals surface area contributed by atoms with Crippen LogP contribution in [0.3, 0.4) is 0 Å². The van der Waals surface area contributed by atoms with Gasteiger partial charge in [0.05, 0.1) is 0 Å². The molecule has 132 valence electrons. The highest BCUT2D eigenvalue weighted by Gasteiger charge is 2.10. The van der Waals surface area contributed by atoms with E-state index in [1.54, 1.807) is 31.2 Å². The van der Waals surface area contributed by atoms with Crippen molar-refractivity contribution in [1.29, 1.82) is 0 Å². The summed E-state index contributed by atoms with van der Waals surface area (Å²) in [5, 5.41) is 5.72. The van der Waals surface area contributed by atoms with E-state index in [1.807, 2.05) is 0 Å². The Balaban J connectivity index is 1.84. The zero-order chi connectivity index (χ0) is 18.7. The maximum absolute atomic E-state index is 13.8. The maximum Gasteiger partial charge on any atom is 0.159 e. The van der Waals surface area contributed by atoms with Crippen LogP contribution in [0.25, 0.3) is 0 Å². The van der Waals surface area contributed by atoms with Crippen molar-refractivity contribution in [2.45, 2.75) is 13.8 Å². The van der Waals surface area contributed by atoms with Crippen molar-refractivity contribution < 1.29 is 13.6 Å². The van der Waals surface area contributed by atoms with Crippen molar-refractivity contribution >= 4 is 28.8 Å². The number of Topliss-reactive ketones (excluding diaryl/α,β-unsaturated/α-hetero) is 1. The Hall–Kier alpha value is -3.35. The molecule has 0 aliphatic rings. The minimum absolute atomic E-state index is 0.0205. The molecule has 0 radical (unpaired) electrons. The molecule has 7 heteroatoms. The van der Waals surface area contributed by atoms with Gasteiger partial charge in [0.15, 0.2) is 5.78 Å². The summed E-state index contributed by atoms with van der Waals surface area (Å²) in [4.78, 5) is 19.7. The number of carbonyl (C=O) groups is 1. The lowest BCUT2D eigenvalue weighted by molar-refractivity contribution is 0.101. The molecule has 3 rings (SSSR count). The van der Waals surface area contributed by atoms with Crippen LogP contribution in [0.2, 0.25) is 0 Å². The Labute approximate surface area is 149 Å². The number of benzene rings is 2. The van der Waals surface area contributed by atoms with Crippen LogP contribution in [-0.2, 0) is 0 Å². The first kappa shape index (κ1) is 17.5. The Bertz CT molecular complexity index is 938. The van der Waals surface area contributed by atoms with Crippen LogP contribution in [-0.4, -0.2) is 15.8 Å². The number of halogens is 2. The maximum atomic E-state index is 13.8. The van der Waals surface area contributed by atoms with Gasteiger partial charge in [-0.3, -0.25) is 4.79 Å². The largest absolute Gasteiger partial charge is 0.340 e. The summed E-state index contributed by atoms with van der Waals surface area (Å²) in [5.41, 5.74) is 1.05. The van der Waals surface area contributed by atoms with Gasteiger partial charge < -0.3 is 10.6 Å². The van der Waals surface area contributed by atoms with E-state index in [-0.39, 0.29) is 17.3 Å². The first-order chi connectivity index (χ1) is 12.4. The van der Waals surface area contributed by atoms with Gasteiger partial charge in [-0.25, -0.2) is 18.7 Å². The van der Waals surface area contributed by atoms with E-state index >= 15 is 0 Å². The van der Waals surface area contributed by atoms with Crippen molar-refractivity contribution in [2.75, 3.05) is 10.6 Å². The number of anilines is 4. The third-order valence-corrected chi connectivity index (χ3v) is 3.62. The van der Waals surface area contributed by atoms with Crippen LogP contribution < -0.4 is 10.6 Å². The summed E-state index contributed by atoms with van der Waals surface area (Å²) in [6, 6.07) is 12.1. The highest BCUT2D eigenvalue weighted by molar-refractivity contribution is 5.94. The van der Waals surface area contributed by atoms with Gasteiger partial charge in [-0.15, -0.1) is 0 Å². The van der Waals surface area contributed by atoms with Crippen molar-refractivity contribution in [3.8, 4) is 0 Å². The number of para-hydroxylation sites is 1. The molecule has 0 atom stereocenters. The molecule has 1 heterocycles. The SMILES string of the molecule is CC(=O)c1ccc(Nc2cc(Nc3c(F)cccc3F)nc(C)n2)cc1. The van der Waals surface area contributed by atoms with Crippen molar-refractivity contribution in [2.24, 2.45) is 0 Å². The number of nitrogens with zero attached hydrogens (tertiary/aromatic N) is 2. The molecule has 0 aliphatic heterocycles. The number of hydrogen-bond donors (Lipinski definition) is 2. The summed E-state index contributed by atoms with van der Waals surface area (Å²) in [7, 11) is 0. The van der Waals surface area contributed by atoms with Gasteiger partial charge in [-0.1, -0.05) is 6.07 Å². The topological polar surface area (TPSA) is 66.9 Å². The monoisotopic (exact) mass is 354 g/mol. The quantitative estimate of drug-likeness (QED) is 0.647. The number of ketones is 1. The van der Waals surface area contributed by atoms with Crippen LogP contribution in [0.4, 0.5) is 31.8 Å². The van der Waals surface area contributed by atoms with E-state index in [1.165, 1.54) is 19.1 Å². The fourth-order valence-electron chi connectivity index (χ4n) is 2.38. The molecule has 0 amide bonds. The molecular formula is C19H16F2N4O. The third-order valence-electron chi connectivity index (χ3n) is 3.62. The molecule has 0 unspecified atom stereocenters. The highest BCUT2D eigenvalue weighted by atomic mass is 19.1. The van der Waals surface area contributed by atoms with Gasteiger partial charge in [-0.2, -0.15) is 0 Å². The molecule has 26 heavy (non-hydrogen) atoms. The lowest BCUT2D eigenvalue weighted by atomic mass is 10.1. The van der Waals surface area contributed by atoms with Crippen molar-refractivity contribution in [3.63, 3.8) is 0 Å². The van der Waals surface area contributed by atoms with Crippen LogP contribution in [0.15, 0.2) is 48.5 Å². The fraction of sp³-hybridized carbons (Fsp3) is 0.105. The van der Waals surface area contributed by atoms with Crippen LogP contribution in [0.5, 0.6) is 0 Å². The number of hydrogen-bond acceptors (Lipinski definition) is 5. The number of aromatic nitrogens is 2. The van der Waals surface area contributed by atoms with Gasteiger partial charge in [0.2, 0.25) is 0 Å². The summed E-state index contributed by atoms with van der Waals surface area (Å²) in [5.74, 6) is -0.315. The molecule has 2 aromatic carbocycles. The van der Waals surface area contributed by atoms with E-state index in [9.17, 15) is 13.6 Å². The Kier molecular flexibility index (Phi) is 4.88. The van der Waals surface area contributed by atoms with Gasteiger partial charge in [-0.05, 0) is 50.2 Å². The van der Waals surface area contributed by atoms with Gasteiger partial charge >= 0.3 is 0 Å². The molecule has 0 spiro atoms. The molecule has 1 aromatic heterocycles. The summed E-state index contributed by atoms with van der Waals surface area (Å²) in [6.45, 7) is 3.17. The van der Waals surface area contributed by atoms with E-state index in [2.05, 4.69) is 20.6 Å².